The second-order valence-electron chi connectivity index (χ2n) is 6.37. The van der Waals surface area contributed by atoms with Gasteiger partial charge in [0.1, 0.15) is 0 Å². The predicted molar refractivity (Wildman–Crippen MR) is 84.0 cm³/mol. The summed E-state index contributed by atoms with van der Waals surface area (Å²) >= 11 is 0. The minimum absolute atomic E-state index is 0.381. The molecule has 0 amide bonds. The second-order valence-corrected chi connectivity index (χ2v) is 6.37. The zero-order chi connectivity index (χ0) is 15.3. The maximum absolute atomic E-state index is 6.10. The summed E-state index contributed by atoms with van der Waals surface area (Å²) in [6, 6.07) is 9.97. The van der Waals surface area contributed by atoms with Gasteiger partial charge in [-0.05, 0) is 39.8 Å². The highest BCUT2D eigenvalue weighted by Gasteiger charge is 2.52. The number of hydrogen-bond acceptors (Lipinski definition) is 4. The molecule has 1 aromatic carbocycles. The normalized spacial score (nSPS) is 20.0. The van der Waals surface area contributed by atoms with Crippen LogP contribution in [-0.2, 0) is 9.31 Å². The first-order valence-corrected chi connectivity index (χ1v) is 7.13. The summed E-state index contributed by atoms with van der Waals surface area (Å²) in [5.41, 5.74) is 0.965. The van der Waals surface area contributed by atoms with E-state index in [0.717, 1.165) is 16.4 Å². The van der Waals surface area contributed by atoms with Crippen LogP contribution in [0.4, 0.5) is 0 Å². The number of methoxy groups -OCH3 is 1. The molecule has 110 valence electrons. The van der Waals surface area contributed by atoms with Gasteiger partial charge in [-0.2, -0.15) is 0 Å². The van der Waals surface area contributed by atoms with Gasteiger partial charge in [-0.1, -0.05) is 18.2 Å². The van der Waals surface area contributed by atoms with Gasteiger partial charge in [0.05, 0.1) is 23.8 Å². The van der Waals surface area contributed by atoms with Gasteiger partial charge in [0.25, 0.3) is 0 Å². The summed E-state index contributed by atoms with van der Waals surface area (Å²) in [7, 11) is 1.15. The van der Waals surface area contributed by atoms with Crippen molar-refractivity contribution in [2.75, 3.05) is 7.11 Å². The van der Waals surface area contributed by atoms with E-state index in [1.54, 1.807) is 7.11 Å². The van der Waals surface area contributed by atoms with Crippen molar-refractivity contribution < 1.29 is 14.0 Å². The van der Waals surface area contributed by atoms with Crippen LogP contribution in [0.25, 0.3) is 10.9 Å². The summed E-state index contributed by atoms with van der Waals surface area (Å²) in [6.07, 6.45) is 0. The van der Waals surface area contributed by atoms with Gasteiger partial charge in [-0.25, -0.2) is 4.98 Å². The maximum Gasteiger partial charge on any atom is 0.500 e. The van der Waals surface area contributed by atoms with E-state index >= 15 is 0 Å². The minimum atomic E-state index is -0.470. The average Bonchev–Trinajstić information content (AvgIpc) is 2.66. The van der Waals surface area contributed by atoms with Crippen molar-refractivity contribution in [3.8, 4) is 5.88 Å². The topological polar surface area (TPSA) is 40.6 Å². The van der Waals surface area contributed by atoms with Crippen molar-refractivity contribution >= 4 is 23.5 Å². The van der Waals surface area contributed by atoms with Gasteiger partial charge in [0.15, 0.2) is 0 Å². The molecule has 0 N–H and O–H groups in total. The molecular formula is C16H20BNO3. The van der Waals surface area contributed by atoms with E-state index in [1.165, 1.54) is 0 Å². The zero-order valence-electron chi connectivity index (χ0n) is 13.1. The number of fused-ring (bicyclic) bond motifs is 1. The fraction of sp³-hybridized carbons (Fsp3) is 0.438. The lowest BCUT2D eigenvalue weighted by atomic mass is 9.79. The molecule has 3 rings (SSSR count). The van der Waals surface area contributed by atoms with Gasteiger partial charge >= 0.3 is 7.12 Å². The molecule has 1 aromatic heterocycles. The number of ether oxygens (including phenoxy) is 1. The Hall–Kier alpha value is -1.59. The number of benzene rings is 1. The second kappa shape index (κ2) is 4.72. The van der Waals surface area contributed by atoms with Crippen molar-refractivity contribution in [2.45, 2.75) is 38.9 Å². The van der Waals surface area contributed by atoms with Crippen LogP contribution in [0, 0.1) is 0 Å². The Morgan fingerprint density at radius 3 is 2.29 bits per heavy atom. The van der Waals surface area contributed by atoms with E-state index in [9.17, 15) is 0 Å². The van der Waals surface area contributed by atoms with E-state index in [-0.39, 0.29) is 11.2 Å². The van der Waals surface area contributed by atoms with Gasteiger partial charge in [0.2, 0.25) is 5.88 Å². The molecule has 0 unspecified atom stereocenters. The largest absolute Gasteiger partial charge is 0.500 e. The van der Waals surface area contributed by atoms with Crippen LogP contribution < -0.4 is 10.2 Å². The third-order valence-corrected chi connectivity index (χ3v) is 4.42. The first-order valence-electron chi connectivity index (χ1n) is 7.13. The Bertz CT molecular complexity index is 668. The highest BCUT2D eigenvalue weighted by atomic mass is 16.7. The Balaban J connectivity index is 2.08. The van der Waals surface area contributed by atoms with Crippen molar-refractivity contribution in [3.05, 3.63) is 30.3 Å². The fourth-order valence-electron chi connectivity index (χ4n) is 2.42. The summed E-state index contributed by atoms with van der Waals surface area (Å²) < 4.78 is 17.6. The van der Waals surface area contributed by atoms with E-state index in [0.29, 0.717) is 5.88 Å². The average molecular weight is 285 g/mol. The molecule has 2 heterocycles. The first-order chi connectivity index (χ1) is 9.84. The van der Waals surface area contributed by atoms with E-state index in [1.807, 2.05) is 58.0 Å². The van der Waals surface area contributed by atoms with Crippen LogP contribution in [0.15, 0.2) is 30.3 Å². The summed E-state index contributed by atoms with van der Waals surface area (Å²) in [5, 5.41) is 1.04. The van der Waals surface area contributed by atoms with E-state index in [4.69, 9.17) is 14.0 Å². The molecule has 2 aromatic rings. The van der Waals surface area contributed by atoms with Crippen LogP contribution >= 0.6 is 0 Å². The van der Waals surface area contributed by atoms with Crippen LogP contribution in [0.2, 0.25) is 0 Å². The standard InChI is InChI=1S/C16H20BNO3/c1-15(2)16(3,4)21-17(20-15)12-10-11-8-6-7-9-13(11)18-14(12)19-5/h6-10H,1-5H3. The lowest BCUT2D eigenvalue weighted by molar-refractivity contribution is 0.00578. The van der Waals surface area contributed by atoms with E-state index in [2.05, 4.69) is 4.98 Å². The quantitative estimate of drug-likeness (QED) is 0.795. The molecule has 0 aliphatic carbocycles. The zero-order valence-corrected chi connectivity index (χ0v) is 13.1. The SMILES string of the molecule is COc1nc2ccccc2cc1B1OC(C)(C)C(C)(C)O1. The maximum atomic E-state index is 6.10. The smallest absolute Gasteiger partial charge is 0.481 e. The Morgan fingerprint density at radius 1 is 1.05 bits per heavy atom. The highest BCUT2D eigenvalue weighted by molar-refractivity contribution is 6.63. The van der Waals surface area contributed by atoms with Gasteiger partial charge in [0, 0.05) is 10.8 Å². The molecule has 1 aliphatic heterocycles. The highest BCUT2D eigenvalue weighted by Crippen LogP contribution is 2.37. The van der Waals surface area contributed by atoms with Gasteiger partial charge in [-0.3, -0.25) is 0 Å². The lowest BCUT2D eigenvalue weighted by Gasteiger charge is -2.32. The predicted octanol–water partition coefficient (Wildman–Crippen LogP) is 2.54. The molecule has 0 radical (unpaired) electrons. The molecule has 1 saturated heterocycles. The number of nitrogens with zero attached hydrogens (tertiary/aromatic N) is 1. The van der Waals surface area contributed by atoms with Gasteiger partial charge in [-0.15, -0.1) is 0 Å². The summed E-state index contributed by atoms with van der Waals surface area (Å²) in [6.45, 7) is 8.14. The molecule has 0 atom stereocenters. The molecule has 4 nitrogen and oxygen atoms in total. The monoisotopic (exact) mass is 285 g/mol. The molecule has 5 heteroatoms. The Morgan fingerprint density at radius 2 is 1.67 bits per heavy atom. The van der Waals surface area contributed by atoms with Crippen LogP contribution in [0.5, 0.6) is 5.88 Å². The van der Waals surface area contributed by atoms with Crippen molar-refractivity contribution in [2.24, 2.45) is 0 Å². The molecule has 21 heavy (non-hydrogen) atoms. The molecule has 0 bridgehead atoms. The lowest BCUT2D eigenvalue weighted by Crippen LogP contribution is -2.41. The van der Waals surface area contributed by atoms with Crippen molar-refractivity contribution in [3.63, 3.8) is 0 Å². The molecule has 0 saturated carbocycles. The third kappa shape index (κ3) is 2.30. The van der Waals surface area contributed by atoms with Gasteiger partial charge < -0.3 is 14.0 Å². The third-order valence-electron chi connectivity index (χ3n) is 4.42. The Kier molecular flexibility index (Phi) is 3.22. The summed E-state index contributed by atoms with van der Waals surface area (Å²) in [4.78, 5) is 4.55. The number of aromatic nitrogens is 1. The summed E-state index contributed by atoms with van der Waals surface area (Å²) in [5.74, 6) is 0.548. The van der Waals surface area contributed by atoms with Crippen LogP contribution in [0.1, 0.15) is 27.7 Å². The molecule has 1 fully saturated rings. The first kappa shape index (κ1) is 14.4. The number of para-hydroxylation sites is 1. The molecule has 0 spiro atoms. The van der Waals surface area contributed by atoms with Crippen molar-refractivity contribution in [1.82, 2.24) is 4.98 Å². The van der Waals surface area contributed by atoms with Crippen LogP contribution in [-0.4, -0.2) is 30.4 Å². The fourth-order valence-corrected chi connectivity index (χ4v) is 2.42. The number of rotatable bonds is 2. The number of hydrogen-bond donors (Lipinski definition) is 0. The minimum Gasteiger partial charge on any atom is -0.481 e. The Labute approximate surface area is 125 Å². The van der Waals surface area contributed by atoms with E-state index < -0.39 is 7.12 Å². The molecule has 1 aliphatic rings. The number of pyridine rings is 1. The van der Waals surface area contributed by atoms with Crippen LogP contribution in [0.3, 0.4) is 0 Å². The molecular weight excluding hydrogens is 265 g/mol. The van der Waals surface area contributed by atoms with Crippen molar-refractivity contribution in [1.29, 1.82) is 0 Å².